The number of nitrogens with zero attached hydrogens (tertiary/aromatic N) is 2. The number of rotatable bonds is 4. The molecule has 0 radical (unpaired) electrons. The highest BCUT2D eigenvalue weighted by atomic mass is 16.2. The lowest BCUT2D eigenvalue weighted by Crippen LogP contribution is -2.22. The number of hydrogen-bond donors (Lipinski definition) is 0. The van der Waals surface area contributed by atoms with Crippen LogP contribution in [0.4, 0.5) is 5.69 Å². The highest BCUT2D eigenvalue weighted by molar-refractivity contribution is 6.00. The van der Waals surface area contributed by atoms with Gasteiger partial charge in [0, 0.05) is 25.2 Å². The summed E-state index contributed by atoms with van der Waals surface area (Å²) in [6.07, 6.45) is 0.954. The first kappa shape index (κ1) is 13.7. The third-order valence-corrected chi connectivity index (χ3v) is 3.67. The van der Waals surface area contributed by atoms with Crippen LogP contribution in [0.3, 0.4) is 0 Å². The molecule has 1 aromatic rings. The molecule has 0 saturated heterocycles. The van der Waals surface area contributed by atoms with E-state index in [4.69, 9.17) is 0 Å². The molecule has 0 aliphatic carbocycles. The monoisotopic (exact) mass is 260 g/mol. The molecule has 19 heavy (non-hydrogen) atoms. The van der Waals surface area contributed by atoms with Crippen LogP contribution in [0.1, 0.15) is 30.5 Å². The number of Topliss-reactive ketones (excluding diaryl/α,β-unsaturated/α-hetero) is 1. The second kappa shape index (κ2) is 5.13. The molecule has 2 rings (SSSR count). The lowest BCUT2D eigenvalue weighted by atomic mass is 9.98. The molecule has 1 heterocycles. The molecule has 0 aromatic heterocycles. The topological polar surface area (TPSA) is 40.6 Å². The molecule has 102 valence electrons. The minimum absolute atomic E-state index is 0.0730. The molecule has 4 heteroatoms. The van der Waals surface area contributed by atoms with Gasteiger partial charge in [0.15, 0.2) is 0 Å². The van der Waals surface area contributed by atoms with Crippen LogP contribution in [0, 0.1) is 0 Å². The van der Waals surface area contributed by atoms with E-state index in [2.05, 4.69) is 6.07 Å². The molecule has 1 atom stereocenters. The lowest BCUT2D eigenvalue weighted by Gasteiger charge is -2.24. The maximum absolute atomic E-state index is 11.7. The van der Waals surface area contributed by atoms with Crippen LogP contribution in [0.2, 0.25) is 0 Å². The van der Waals surface area contributed by atoms with Crippen LogP contribution in [0.15, 0.2) is 18.2 Å². The van der Waals surface area contributed by atoms with Gasteiger partial charge in [-0.3, -0.25) is 9.59 Å². The van der Waals surface area contributed by atoms with Gasteiger partial charge >= 0.3 is 0 Å². The fourth-order valence-corrected chi connectivity index (χ4v) is 2.57. The fraction of sp³-hybridized carbons (Fsp3) is 0.467. The SMILES string of the molecule is CC(=O)CC(c1ccc2c(c1)CC(=O)N2C)N(C)C. The fourth-order valence-electron chi connectivity index (χ4n) is 2.57. The first-order valence-corrected chi connectivity index (χ1v) is 6.45. The van der Waals surface area contributed by atoms with Gasteiger partial charge in [-0.15, -0.1) is 0 Å². The van der Waals surface area contributed by atoms with E-state index in [9.17, 15) is 9.59 Å². The first-order valence-electron chi connectivity index (χ1n) is 6.45. The van der Waals surface area contributed by atoms with Crippen molar-refractivity contribution in [3.63, 3.8) is 0 Å². The Morgan fingerprint density at radius 2 is 2.11 bits per heavy atom. The maximum Gasteiger partial charge on any atom is 0.231 e. The number of benzene rings is 1. The van der Waals surface area contributed by atoms with Crippen molar-refractivity contribution in [3.05, 3.63) is 29.3 Å². The quantitative estimate of drug-likeness (QED) is 0.828. The molecule has 4 nitrogen and oxygen atoms in total. The zero-order valence-corrected chi connectivity index (χ0v) is 11.9. The smallest absolute Gasteiger partial charge is 0.231 e. The van der Waals surface area contributed by atoms with Gasteiger partial charge in [0.1, 0.15) is 5.78 Å². The van der Waals surface area contributed by atoms with E-state index in [0.29, 0.717) is 12.8 Å². The summed E-state index contributed by atoms with van der Waals surface area (Å²) in [5.74, 6) is 0.299. The molecule has 0 saturated carbocycles. The van der Waals surface area contributed by atoms with E-state index in [1.165, 1.54) is 0 Å². The molecule has 0 bridgehead atoms. The van der Waals surface area contributed by atoms with Crippen molar-refractivity contribution in [2.24, 2.45) is 0 Å². The average molecular weight is 260 g/mol. The Balaban J connectivity index is 2.33. The normalized spacial score (nSPS) is 15.8. The highest BCUT2D eigenvalue weighted by Gasteiger charge is 2.25. The largest absolute Gasteiger partial charge is 0.315 e. The minimum Gasteiger partial charge on any atom is -0.315 e. The zero-order valence-electron chi connectivity index (χ0n) is 11.9. The molecule has 0 fully saturated rings. The Hall–Kier alpha value is -1.68. The predicted molar refractivity (Wildman–Crippen MR) is 75.3 cm³/mol. The summed E-state index contributed by atoms with van der Waals surface area (Å²) in [5.41, 5.74) is 3.14. The Morgan fingerprint density at radius 3 is 2.68 bits per heavy atom. The molecular weight excluding hydrogens is 240 g/mol. The van der Waals surface area contributed by atoms with Crippen molar-refractivity contribution in [2.75, 3.05) is 26.0 Å². The zero-order chi connectivity index (χ0) is 14.2. The van der Waals surface area contributed by atoms with E-state index < -0.39 is 0 Å². The summed E-state index contributed by atoms with van der Waals surface area (Å²) in [6, 6.07) is 6.13. The molecule has 1 aromatic carbocycles. The van der Waals surface area contributed by atoms with Crippen molar-refractivity contribution < 1.29 is 9.59 Å². The number of ketones is 1. The lowest BCUT2D eigenvalue weighted by molar-refractivity contribution is -0.118. The Morgan fingerprint density at radius 1 is 1.42 bits per heavy atom. The van der Waals surface area contributed by atoms with Crippen LogP contribution in [0.25, 0.3) is 0 Å². The number of carbonyl (C=O) groups excluding carboxylic acids is 2. The number of likely N-dealkylation sites (N-methyl/N-ethyl adjacent to an activating group) is 1. The molecule has 1 amide bonds. The molecule has 1 aliphatic heterocycles. The molecule has 0 N–H and O–H groups in total. The van der Waals surface area contributed by atoms with Crippen LogP contribution in [-0.4, -0.2) is 37.7 Å². The first-order chi connectivity index (χ1) is 8.90. The number of amides is 1. The highest BCUT2D eigenvalue weighted by Crippen LogP contribution is 2.32. The van der Waals surface area contributed by atoms with E-state index in [1.54, 1.807) is 18.9 Å². The predicted octanol–water partition coefficient (Wildman–Crippen LogP) is 1.79. The van der Waals surface area contributed by atoms with Gasteiger partial charge in [-0.05, 0) is 38.2 Å². The summed E-state index contributed by atoms with van der Waals surface area (Å²) in [5, 5.41) is 0. The maximum atomic E-state index is 11.7. The summed E-state index contributed by atoms with van der Waals surface area (Å²) in [7, 11) is 5.74. The second-order valence-electron chi connectivity index (χ2n) is 5.40. The number of hydrogen-bond acceptors (Lipinski definition) is 3. The third-order valence-electron chi connectivity index (χ3n) is 3.67. The van der Waals surface area contributed by atoms with Gasteiger partial charge in [-0.25, -0.2) is 0 Å². The summed E-state index contributed by atoms with van der Waals surface area (Å²) in [6.45, 7) is 1.61. The summed E-state index contributed by atoms with van der Waals surface area (Å²) < 4.78 is 0. The average Bonchev–Trinajstić information content (AvgIpc) is 2.61. The summed E-state index contributed by atoms with van der Waals surface area (Å²) in [4.78, 5) is 26.8. The van der Waals surface area contributed by atoms with Crippen molar-refractivity contribution in [3.8, 4) is 0 Å². The molecule has 0 spiro atoms. The van der Waals surface area contributed by atoms with Crippen LogP contribution < -0.4 is 4.90 Å². The van der Waals surface area contributed by atoms with Gasteiger partial charge in [0.2, 0.25) is 5.91 Å². The standard InChI is InChI=1S/C15H20N2O2/c1-10(18)7-14(16(2)3)11-5-6-13-12(8-11)9-15(19)17(13)4/h5-6,8,14H,7,9H2,1-4H3. The minimum atomic E-state index is 0.0730. The van der Waals surface area contributed by atoms with Crippen molar-refractivity contribution in [2.45, 2.75) is 25.8 Å². The van der Waals surface area contributed by atoms with E-state index >= 15 is 0 Å². The number of carbonyl (C=O) groups is 2. The number of anilines is 1. The van der Waals surface area contributed by atoms with E-state index in [1.807, 2.05) is 31.1 Å². The van der Waals surface area contributed by atoms with Crippen LogP contribution in [0.5, 0.6) is 0 Å². The number of fused-ring (bicyclic) bond motifs is 1. The molecule has 1 unspecified atom stereocenters. The molecule has 1 aliphatic rings. The van der Waals surface area contributed by atoms with E-state index in [0.717, 1.165) is 16.8 Å². The van der Waals surface area contributed by atoms with Crippen molar-refractivity contribution >= 4 is 17.4 Å². The van der Waals surface area contributed by atoms with Gasteiger partial charge in [-0.2, -0.15) is 0 Å². The van der Waals surface area contributed by atoms with Crippen molar-refractivity contribution in [1.82, 2.24) is 4.90 Å². The third kappa shape index (κ3) is 2.68. The second-order valence-corrected chi connectivity index (χ2v) is 5.40. The van der Waals surface area contributed by atoms with Gasteiger partial charge in [0.25, 0.3) is 0 Å². The molecular formula is C15H20N2O2. The summed E-state index contributed by atoms with van der Waals surface area (Å²) >= 11 is 0. The Bertz CT molecular complexity index is 523. The van der Waals surface area contributed by atoms with Gasteiger partial charge in [-0.1, -0.05) is 12.1 Å². The van der Waals surface area contributed by atoms with E-state index in [-0.39, 0.29) is 17.7 Å². The van der Waals surface area contributed by atoms with Crippen LogP contribution >= 0.6 is 0 Å². The van der Waals surface area contributed by atoms with Gasteiger partial charge in [0.05, 0.1) is 6.42 Å². The van der Waals surface area contributed by atoms with Crippen LogP contribution in [-0.2, 0) is 16.0 Å². The van der Waals surface area contributed by atoms with Gasteiger partial charge < -0.3 is 9.80 Å². The van der Waals surface area contributed by atoms with Crippen molar-refractivity contribution in [1.29, 1.82) is 0 Å². The Kier molecular flexibility index (Phi) is 3.71. The Labute approximate surface area is 114 Å².